The molecule has 0 saturated carbocycles. The number of rotatable bonds is 5. The number of ether oxygens (including phenoxy) is 1. The maximum Gasteiger partial charge on any atom is 0.310 e. The Morgan fingerprint density at radius 1 is 1.38 bits per heavy atom. The Balaban J connectivity index is 1.65. The summed E-state index contributed by atoms with van der Waals surface area (Å²) in [5.41, 5.74) is 1.31. The van der Waals surface area contributed by atoms with E-state index >= 15 is 0 Å². The van der Waals surface area contributed by atoms with Crippen molar-refractivity contribution >= 4 is 28.9 Å². The first-order valence-corrected chi connectivity index (χ1v) is 8.57. The number of anilines is 1. The van der Waals surface area contributed by atoms with Gasteiger partial charge in [-0.25, -0.2) is 4.98 Å². The van der Waals surface area contributed by atoms with Crippen LogP contribution in [0.1, 0.15) is 52.0 Å². The highest BCUT2D eigenvalue weighted by Crippen LogP contribution is 2.31. The van der Waals surface area contributed by atoms with Gasteiger partial charge in [0.1, 0.15) is 16.0 Å². The van der Waals surface area contributed by atoms with Crippen LogP contribution in [-0.4, -0.2) is 28.6 Å². The molecular weight excluding hydrogens is 328 g/mol. The van der Waals surface area contributed by atoms with Crippen LogP contribution in [0.5, 0.6) is 0 Å². The van der Waals surface area contributed by atoms with E-state index in [0.717, 1.165) is 24.5 Å². The minimum absolute atomic E-state index is 0.00772. The molecule has 6 nitrogen and oxygen atoms in total. The van der Waals surface area contributed by atoms with Crippen LogP contribution in [0, 0.1) is 0 Å². The lowest BCUT2D eigenvalue weighted by atomic mass is 10.0. The van der Waals surface area contributed by atoms with Crippen molar-refractivity contribution in [2.75, 3.05) is 11.9 Å². The van der Waals surface area contributed by atoms with E-state index < -0.39 is 11.9 Å². The molecule has 0 radical (unpaired) electrons. The summed E-state index contributed by atoms with van der Waals surface area (Å²) in [7, 11) is 0. The van der Waals surface area contributed by atoms with Crippen LogP contribution in [0.15, 0.2) is 30.5 Å². The monoisotopic (exact) mass is 346 g/mol. The second kappa shape index (κ2) is 7.11. The fraction of sp³-hybridized carbons (Fsp3) is 0.353. The molecule has 1 fully saturated rings. The minimum atomic E-state index is -0.877. The molecule has 1 aliphatic rings. The van der Waals surface area contributed by atoms with E-state index in [1.165, 1.54) is 11.3 Å². The highest BCUT2D eigenvalue weighted by atomic mass is 32.1. The first-order valence-electron chi connectivity index (χ1n) is 7.76. The van der Waals surface area contributed by atoms with E-state index in [9.17, 15) is 9.59 Å². The van der Waals surface area contributed by atoms with Crippen LogP contribution < -0.4 is 5.32 Å². The minimum Gasteiger partial charge on any atom is -0.481 e. The largest absolute Gasteiger partial charge is 0.481 e. The fourth-order valence-electron chi connectivity index (χ4n) is 2.50. The summed E-state index contributed by atoms with van der Waals surface area (Å²) < 4.78 is 5.57. The van der Waals surface area contributed by atoms with E-state index in [2.05, 4.69) is 10.3 Å². The maximum absolute atomic E-state index is 12.3. The second-order valence-electron chi connectivity index (χ2n) is 5.70. The van der Waals surface area contributed by atoms with Crippen molar-refractivity contribution < 1.29 is 19.4 Å². The zero-order valence-corrected chi connectivity index (χ0v) is 14.0. The molecule has 2 heterocycles. The van der Waals surface area contributed by atoms with Crippen molar-refractivity contribution in [1.82, 2.24) is 4.98 Å². The third-order valence-electron chi connectivity index (χ3n) is 3.99. The van der Waals surface area contributed by atoms with Crippen LogP contribution >= 0.6 is 11.3 Å². The van der Waals surface area contributed by atoms with Gasteiger partial charge in [-0.05, 0) is 37.5 Å². The predicted molar refractivity (Wildman–Crippen MR) is 90.5 cm³/mol. The summed E-state index contributed by atoms with van der Waals surface area (Å²) in [6.07, 6.45) is 3.54. The Kier molecular flexibility index (Phi) is 4.92. The van der Waals surface area contributed by atoms with Gasteiger partial charge in [0.25, 0.3) is 5.91 Å². The molecule has 1 amide bonds. The molecule has 1 aromatic carbocycles. The van der Waals surface area contributed by atoms with Crippen LogP contribution in [0.3, 0.4) is 0 Å². The van der Waals surface area contributed by atoms with Gasteiger partial charge in [0.05, 0.1) is 12.1 Å². The molecule has 7 heteroatoms. The standard InChI is InChI=1S/C17H18N2O4S/c1-10(17(21)22)11-4-6-12(7-5-11)19-15(20)14-9-18-16(24-14)13-3-2-8-23-13/h4-7,9-10,13H,2-3,8H2,1H3,(H,19,20)(H,21,22). The number of carbonyl (C=O) groups is 2. The maximum atomic E-state index is 12.3. The second-order valence-corrected chi connectivity index (χ2v) is 6.76. The van der Waals surface area contributed by atoms with Crippen molar-refractivity contribution in [2.45, 2.75) is 31.8 Å². The van der Waals surface area contributed by atoms with Crippen molar-refractivity contribution in [2.24, 2.45) is 0 Å². The lowest BCUT2D eigenvalue weighted by Gasteiger charge is -2.08. The normalized spacial score (nSPS) is 18.3. The number of carbonyl (C=O) groups excluding carboxylic acids is 1. The van der Waals surface area contributed by atoms with Crippen molar-refractivity contribution in [3.8, 4) is 0 Å². The Morgan fingerprint density at radius 3 is 2.75 bits per heavy atom. The number of aliphatic carboxylic acids is 1. The molecule has 24 heavy (non-hydrogen) atoms. The molecule has 3 rings (SSSR count). The molecule has 1 aromatic heterocycles. The Bertz CT molecular complexity index is 735. The van der Waals surface area contributed by atoms with E-state index in [-0.39, 0.29) is 12.0 Å². The summed E-state index contributed by atoms with van der Waals surface area (Å²) in [5.74, 6) is -1.68. The summed E-state index contributed by atoms with van der Waals surface area (Å²) >= 11 is 1.34. The lowest BCUT2D eigenvalue weighted by molar-refractivity contribution is -0.138. The van der Waals surface area contributed by atoms with Crippen molar-refractivity contribution in [1.29, 1.82) is 0 Å². The number of benzene rings is 1. The first-order chi connectivity index (χ1) is 11.5. The van der Waals surface area contributed by atoms with Crippen LogP contribution in [0.25, 0.3) is 0 Å². The van der Waals surface area contributed by atoms with Crippen molar-refractivity contribution in [3.05, 3.63) is 45.9 Å². The van der Waals surface area contributed by atoms with Gasteiger partial charge in [0.15, 0.2) is 0 Å². The molecule has 0 bridgehead atoms. The van der Waals surface area contributed by atoms with Gasteiger partial charge in [-0.15, -0.1) is 11.3 Å². The summed E-state index contributed by atoms with van der Waals surface area (Å²) in [6.45, 7) is 2.37. The Hall–Kier alpha value is -2.25. The van der Waals surface area contributed by atoms with E-state index in [0.29, 0.717) is 16.1 Å². The van der Waals surface area contributed by atoms with Gasteiger partial charge in [0, 0.05) is 12.3 Å². The quantitative estimate of drug-likeness (QED) is 0.866. The number of aromatic nitrogens is 1. The number of thiazole rings is 1. The number of hydrogen-bond donors (Lipinski definition) is 2. The smallest absolute Gasteiger partial charge is 0.310 e. The van der Waals surface area contributed by atoms with Crippen LogP contribution in [0.4, 0.5) is 5.69 Å². The average molecular weight is 346 g/mol. The molecule has 0 spiro atoms. The van der Waals surface area contributed by atoms with Gasteiger partial charge < -0.3 is 15.2 Å². The van der Waals surface area contributed by atoms with Gasteiger partial charge >= 0.3 is 5.97 Å². The van der Waals surface area contributed by atoms with E-state index in [4.69, 9.17) is 9.84 Å². The van der Waals surface area contributed by atoms with E-state index in [1.807, 2.05) is 0 Å². The first kappa shape index (κ1) is 16.6. The number of nitrogens with one attached hydrogen (secondary N) is 1. The topological polar surface area (TPSA) is 88.5 Å². The fourth-order valence-corrected chi connectivity index (χ4v) is 3.40. The summed E-state index contributed by atoms with van der Waals surface area (Å²) in [6, 6.07) is 6.82. The molecular formula is C17H18N2O4S. The molecule has 0 aliphatic carbocycles. The van der Waals surface area contributed by atoms with Gasteiger partial charge in [0.2, 0.25) is 0 Å². The lowest BCUT2D eigenvalue weighted by Crippen LogP contribution is -2.11. The van der Waals surface area contributed by atoms with Crippen molar-refractivity contribution in [3.63, 3.8) is 0 Å². The molecule has 1 aliphatic heterocycles. The highest BCUT2D eigenvalue weighted by Gasteiger charge is 2.22. The number of amides is 1. The number of carboxylic acid groups (broad SMARTS) is 1. The highest BCUT2D eigenvalue weighted by molar-refractivity contribution is 7.13. The predicted octanol–water partition coefficient (Wildman–Crippen LogP) is 3.44. The zero-order valence-electron chi connectivity index (χ0n) is 13.2. The number of nitrogens with zero attached hydrogens (tertiary/aromatic N) is 1. The zero-order chi connectivity index (χ0) is 17.1. The van der Waals surface area contributed by atoms with Crippen LogP contribution in [-0.2, 0) is 9.53 Å². The molecule has 2 aromatic rings. The van der Waals surface area contributed by atoms with E-state index in [1.54, 1.807) is 37.4 Å². The number of hydrogen-bond acceptors (Lipinski definition) is 5. The number of carboxylic acids is 1. The van der Waals surface area contributed by atoms with Gasteiger partial charge in [-0.2, -0.15) is 0 Å². The molecule has 2 unspecified atom stereocenters. The third-order valence-corrected chi connectivity index (χ3v) is 5.08. The van der Waals surface area contributed by atoms with Gasteiger partial charge in [-0.1, -0.05) is 12.1 Å². The molecule has 126 valence electrons. The third kappa shape index (κ3) is 3.63. The summed E-state index contributed by atoms with van der Waals surface area (Å²) in [5, 5.41) is 12.6. The Morgan fingerprint density at radius 2 is 2.12 bits per heavy atom. The van der Waals surface area contributed by atoms with Crippen LogP contribution in [0.2, 0.25) is 0 Å². The SMILES string of the molecule is CC(C(=O)O)c1ccc(NC(=O)c2cnc(C3CCCO3)s2)cc1. The average Bonchev–Trinajstić information content (AvgIpc) is 3.26. The Labute approximate surface area is 143 Å². The molecule has 1 saturated heterocycles. The summed E-state index contributed by atoms with van der Waals surface area (Å²) in [4.78, 5) is 28.1. The molecule has 2 N–H and O–H groups in total. The van der Waals surface area contributed by atoms with Gasteiger partial charge in [-0.3, -0.25) is 9.59 Å². The molecule has 2 atom stereocenters.